The van der Waals surface area contributed by atoms with Crippen LogP contribution >= 0.6 is 0 Å². The van der Waals surface area contributed by atoms with Gasteiger partial charge < -0.3 is 15.2 Å². The highest BCUT2D eigenvalue weighted by atomic mass is 16.1. The van der Waals surface area contributed by atoms with Crippen molar-refractivity contribution >= 4 is 5.91 Å². The van der Waals surface area contributed by atoms with Crippen LogP contribution in [0, 0.1) is 0 Å². The molecule has 96 valence electrons. The molecule has 4 nitrogen and oxygen atoms in total. The van der Waals surface area contributed by atoms with Gasteiger partial charge >= 0.3 is 0 Å². The summed E-state index contributed by atoms with van der Waals surface area (Å²) in [6.45, 7) is 7.74. The summed E-state index contributed by atoms with van der Waals surface area (Å²) in [5.41, 5.74) is 0.760. The van der Waals surface area contributed by atoms with E-state index in [4.69, 9.17) is 0 Å². The van der Waals surface area contributed by atoms with E-state index in [-0.39, 0.29) is 5.91 Å². The second-order valence-electron chi connectivity index (χ2n) is 4.05. The molecular weight excluding hydrogens is 214 g/mol. The summed E-state index contributed by atoms with van der Waals surface area (Å²) in [5.74, 6) is 0.0277. The highest BCUT2D eigenvalue weighted by Gasteiger charge is 2.08. The predicted molar refractivity (Wildman–Crippen MR) is 70.2 cm³/mol. The quantitative estimate of drug-likeness (QED) is 0.675. The van der Waals surface area contributed by atoms with Gasteiger partial charge in [0.25, 0.3) is 5.91 Å². The molecule has 0 saturated heterocycles. The third-order valence-electron chi connectivity index (χ3n) is 2.59. The number of amides is 1. The molecule has 0 aliphatic carbocycles. The van der Waals surface area contributed by atoms with Crippen LogP contribution in [-0.2, 0) is 6.54 Å². The van der Waals surface area contributed by atoms with Crippen LogP contribution in [0.5, 0.6) is 0 Å². The van der Waals surface area contributed by atoms with Crippen LogP contribution in [0.2, 0.25) is 0 Å². The molecule has 17 heavy (non-hydrogen) atoms. The largest absolute Gasteiger partial charge is 0.351 e. The maximum absolute atomic E-state index is 11.9. The van der Waals surface area contributed by atoms with E-state index in [0.717, 1.165) is 44.7 Å². The van der Waals surface area contributed by atoms with Crippen LogP contribution in [-0.4, -0.2) is 30.1 Å². The lowest BCUT2D eigenvalue weighted by Crippen LogP contribution is -2.28. The van der Waals surface area contributed by atoms with Crippen molar-refractivity contribution in [3.63, 3.8) is 0 Å². The van der Waals surface area contributed by atoms with Gasteiger partial charge in [-0.1, -0.05) is 13.8 Å². The minimum atomic E-state index is 0.0277. The average molecular weight is 237 g/mol. The van der Waals surface area contributed by atoms with Gasteiger partial charge in [0, 0.05) is 19.3 Å². The van der Waals surface area contributed by atoms with Gasteiger partial charge in [-0.3, -0.25) is 4.79 Å². The zero-order chi connectivity index (χ0) is 12.5. The number of aryl methyl sites for hydroxylation is 1. The minimum absolute atomic E-state index is 0.0277. The lowest BCUT2D eigenvalue weighted by molar-refractivity contribution is 0.0944. The molecule has 0 spiro atoms. The number of aromatic nitrogens is 1. The molecule has 4 heteroatoms. The summed E-state index contributed by atoms with van der Waals surface area (Å²) in [4.78, 5) is 11.9. The van der Waals surface area contributed by atoms with Crippen LogP contribution in [0.4, 0.5) is 0 Å². The maximum Gasteiger partial charge on any atom is 0.267 e. The van der Waals surface area contributed by atoms with Crippen molar-refractivity contribution in [1.29, 1.82) is 0 Å². The number of nitrogens with zero attached hydrogens (tertiary/aromatic N) is 1. The first kappa shape index (κ1) is 13.8. The van der Waals surface area contributed by atoms with E-state index >= 15 is 0 Å². The van der Waals surface area contributed by atoms with Crippen molar-refractivity contribution < 1.29 is 4.79 Å². The minimum Gasteiger partial charge on any atom is -0.351 e. The second kappa shape index (κ2) is 7.90. The number of hydrogen-bond acceptors (Lipinski definition) is 2. The van der Waals surface area contributed by atoms with Crippen molar-refractivity contribution in [2.45, 2.75) is 33.2 Å². The Labute approximate surface area is 103 Å². The molecule has 0 aromatic carbocycles. The van der Waals surface area contributed by atoms with E-state index in [2.05, 4.69) is 24.5 Å². The van der Waals surface area contributed by atoms with Crippen molar-refractivity contribution in [1.82, 2.24) is 15.2 Å². The Kier molecular flexibility index (Phi) is 6.40. The Morgan fingerprint density at radius 3 is 2.88 bits per heavy atom. The van der Waals surface area contributed by atoms with E-state index in [1.165, 1.54) is 0 Å². The fraction of sp³-hybridized carbons (Fsp3) is 0.615. The molecule has 1 aromatic heterocycles. The fourth-order valence-electron chi connectivity index (χ4n) is 1.74. The van der Waals surface area contributed by atoms with Crippen molar-refractivity contribution in [3.8, 4) is 0 Å². The van der Waals surface area contributed by atoms with Gasteiger partial charge in [-0.25, -0.2) is 0 Å². The zero-order valence-corrected chi connectivity index (χ0v) is 10.8. The van der Waals surface area contributed by atoms with Crippen LogP contribution in [0.15, 0.2) is 18.3 Å². The first-order chi connectivity index (χ1) is 8.29. The van der Waals surface area contributed by atoms with Gasteiger partial charge in [0.05, 0.1) is 0 Å². The molecule has 1 heterocycles. The smallest absolute Gasteiger partial charge is 0.267 e. The molecule has 0 radical (unpaired) electrons. The molecule has 0 aliphatic rings. The Morgan fingerprint density at radius 1 is 1.35 bits per heavy atom. The third-order valence-corrected chi connectivity index (χ3v) is 2.59. The van der Waals surface area contributed by atoms with Gasteiger partial charge in [-0.15, -0.1) is 0 Å². The summed E-state index contributed by atoms with van der Waals surface area (Å²) in [7, 11) is 0. The van der Waals surface area contributed by atoms with E-state index in [1.807, 2.05) is 22.9 Å². The fourth-order valence-corrected chi connectivity index (χ4v) is 1.74. The molecule has 0 saturated carbocycles. The SMILES string of the molecule is CCCn1cccc1C(=O)NCCCNCC. The normalized spacial score (nSPS) is 10.5. The van der Waals surface area contributed by atoms with Gasteiger partial charge in [-0.05, 0) is 38.1 Å². The number of hydrogen-bond donors (Lipinski definition) is 2. The second-order valence-corrected chi connectivity index (χ2v) is 4.05. The standard InChI is InChI=1S/C13H23N3O/c1-3-10-16-11-5-7-12(16)13(17)15-9-6-8-14-4-2/h5,7,11,14H,3-4,6,8-10H2,1-2H3,(H,15,17). The first-order valence-corrected chi connectivity index (χ1v) is 6.43. The molecular formula is C13H23N3O. The highest BCUT2D eigenvalue weighted by Crippen LogP contribution is 2.03. The maximum atomic E-state index is 11.9. The van der Waals surface area contributed by atoms with E-state index < -0.39 is 0 Å². The first-order valence-electron chi connectivity index (χ1n) is 6.43. The van der Waals surface area contributed by atoms with Crippen LogP contribution in [0.3, 0.4) is 0 Å². The number of carbonyl (C=O) groups excluding carboxylic acids is 1. The van der Waals surface area contributed by atoms with Gasteiger partial charge in [0.15, 0.2) is 0 Å². The Bertz CT molecular complexity index is 333. The van der Waals surface area contributed by atoms with Crippen molar-refractivity contribution in [2.24, 2.45) is 0 Å². The molecule has 0 unspecified atom stereocenters. The molecule has 0 atom stereocenters. The van der Waals surface area contributed by atoms with Crippen LogP contribution in [0.1, 0.15) is 37.2 Å². The van der Waals surface area contributed by atoms with E-state index in [9.17, 15) is 4.79 Å². The Balaban J connectivity index is 2.33. The number of carbonyl (C=O) groups is 1. The average Bonchev–Trinajstić information content (AvgIpc) is 2.77. The number of nitrogens with one attached hydrogen (secondary N) is 2. The molecule has 0 aliphatic heterocycles. The van der Waals surface area contributed by atoms with Gasteiger partial charge in [0.2, 0.25) is 0 Å². The summed E-state index contributed by atoms with van der Waals surface area (Å²) in [6, 6.07) is 3.79. The summed E-state index contributed by atoms with van der Waals surface area (Å²) in [5, 5.41) is 6.17. The topological polar surface area (TPSA) is 46.1 Å². The molecule has 1 rings (SSSR count). The van der Waals surface area contributed by atoms with E-state index in [0.29, 0.717) is 0 Å². The van der Waals surface area contributed by atoms with Gasteiger partial charge in [0.1, 0.15) is 5.69 Å². The lowest BCUT2D eigenvalue weighted by Gasteiger charge is -2.08. The third kappa shape index (κ3) is 4.61. The predicted octanol–water partition coefficient (Wildman–Crippen LogP) is 1.63. The zero-order valence-electron chi connectivity index (χ0n) is 10.8. The van der Waals surface area contributed by atoms with Crippen molar-refractivity contribution in [3.05, 3.63) is 24.0 Å². The molecule has 2 N–H and O–H groups in total. The molecule has 0 fully saturated rings. The molecule has 0 bridgehead atoms. The van der Waals surface area contributed by atoms with Gasteiger partial charge in [-0.2, -0.15) is 0 Å². The van der Waals surface area contributed by atoms with Crippen molar-refractivity contribution in [2.75, 3.05) is 19.6 Å². The van der Waals surface area contributed by atoms with Crippen LogP contribution in [0.25, 0.3) is 0 Å². The summed E-state index contributed by atoms with van der Waals surface area (Å²) >= 11 is 0. The molecule has 1 aromatic rings. The van der Waals surface area contributed by atoms with E-state index in [1.54, 1.807) is 0 Å². The highest BCUT2D eigenvalue weighted by molar-refractivity contribution is 5.92. The number of rotatable bonds is 8. The Morgan fingerprint density at radius 2 is 2.18 bits per heavy atom. The monoisotopic (exact) mass is 237 g/mol. The summed E-state index contributed by atoms with van der Waals surface area (Å²) < 4.78 is 2.00. The van der Waals surface area contributed by atoms with Crippen LogP contribution < -0.4 is 10.6 Å². The Hall–Kier alpha value is -1.29. The lowest BCUT2D eigenvalue weighted by atomic mass is 10.3. The summed E-state index contributed by atoms with van der Waals surface area (Å²) in [6.07, 6.45) is 3.96. The molecule has 1 amide bonds.